The summed E-state index contributed by atoms with van der Waals surface area (Å²) >= 11 is 7.72. The van der Waals surface area contributed by atoms with Crippen molar-refractivity contribution < 1.29 is 0 Å². The minimum absolute atomic E-state index is 0.0277. The van der Waals surface area contributed by atoms with Gasteiger partial charge in [-0.1, -0.05) is 45.4 Å². The zero-order valence-corrected chi connectivity index (χ0v) is 27.4. The molecule has 0 spiro atoms. The second-order valence-electron chi connectivity index (χ2n) is 13.0. The Hall–Kier alpha value is -3.22. The fourth-order valence-corrected chi connectivity index (χ4v) is 12.0. The van der Waals surface area contributed by atoms with Gasteiger partial charge in [-0.15, -0.1) is 45.3 Å². The van der Waals surface area contributed by atoms with Crippen LogP contribution in [0.2, 0.25) is 0 Å². The van der Waals surface area contributed by atoms with Crippen LogP contribution in [0, 0.1) is 6.92 Å². The average Bonchev–Trinajstić information content (AvgIpc) is 3.76. The summed E-state index contributed by atoms with van der Waals surface area (Å²) in [5.74, 6) is 0. The van der Waals surface area contributed by atoms with Crippen LogP contribution in [0.1, 0.15) is 55.5 Å². The summed E-state index contributed by atoms with van der Waals surface area (Å²) in [4.78, 5) is 8.37. The first-order valence-corrected chi connectivity index (χ1v) is 17.6. The number of hydrogen-bond acceptors (Lipinski definition) is 5. The summed E-state index contributed by atoms with van der Waals surface area (Å²) in [5, 5.41) is 2.59. The van der Waals surface area contributed by atoms with E-state index in [9.17, 15) is 0 Å². The van der Waals surface area contributed by atoms with E-state index in [4.69, 9.17) is 5.73 Å². The fraction of sp³-hybridized carbons (Fsp3) is 0.189. The molecule has 9 rings (SSSR count). The molecule has 0 bridgehead atoms. The van der Waals surface area contributed by atoms with Gasteiger partial charge in [-0.3, -0.25) is 0 Å². The first-order valence-electron chi connectivity index (χ1n) is 14.4. The number of anilines is 1. The number of nitrogens with two attached hydrogens (primary N) is 1. The molecule has 0 saturated heterocycles. The van der Waals surface area contributed by atoms with E-state index in [1.165, 1.54) is 88.4 Å². The van der Waals surface area contributed by atoms with Crippen LogP contribution in [-0.4, -0.2) is 0 Å². The molecule has 2 aliphatic carbocycles. The molecule has 0 fully saturated rings. The van der Waals surface area contributed by atoms with Crippen LogP contribution in [0.3, 0.4) is 0 Å². The van der Waals surface area contributed by atoms with Crippen molar-refractivity contribution in [3.05, 3.63) is 101 Å². The van der Waals surface area contributed by atoms with E-state index in [0.29, 0.717) is 0 Å². The van der Waals surface area contributed by atoms with Crippen LogP contribution in [-0.2, 0) is 10.8 Å². The maximum Gasteiger partial charge on any atom is 0.0455 e. The van der Waals surface area contributed by atoms with Gasteiger partial charge in [0.2, 0.25) is 0 Å². The molecule has 0 radical (unpaired) electrons. The van der Waals surface area contributed by atoms with Crippen molar-refractivity contribution in [2.45, 2.75) is 45.4 Å². The fourth-order valence-electron chi connectivity index (χ4n) is 7.12. The summed E-state index contributed by atoms with van der Waals surface area (Å²) in [7, 11) is 0. The molecule has 1 nitrogen and oxygen atoms in total. The molecule has 5 heteroatoms. The minimum atomic E-state index is -0.0358. The third kappa shape index (κ3) is 3.34. The molecule has 0 unspecified atom stereocenters. The number of aryl methyl sites for hydroxylation is 1. The highest BCUT2D eigenvalue weighted by Gasteiger charge is 2.43. The SMILES string of the molecule is Cc1ccc2sc(-c3cc4c(s3)-c3cc5c(cc3C4(C)C)-c3sc(-c4cc6cc(N)ccc6s4)cc3C5(C)C)cc2c1. The Bertz CT molecular complexity index is 2120. The molecule has 2 aliphatic rings. The van der Waals surface area contributed by atoms with Crippen LogP contribution in [0.15, 0.2) is 72.8 Å². The number of thiophene rings is 4. The molecule has 0 saturated carbocycles. The highest BCUT2D eigenvalue weighted by atomic mass is 32.1. The van der Waals surface area contributed by atoms with Gasteiger partial charge in [0.25, 0.3) is 0 Å². The lowest BCUT2D eigenvalue weighted by molar-refractivity contribution is 0.653. The average molecular weight is 616 g/mol. The Kier molecular flexibility index (Phi) is 4.96. The van der Waals surface area contributed by atoms with E-state index in [1.807, 2.05) is 51.4 Å². The third-order valence-corrected chi connectivity index (χ3v) is 14.5. The monoisotopic (exact) mass is 615 g/mol. The zero-order valence-electron chi connectivity index (χ0n) is 24.1. The number of nitrogen functional groups attached to an aromatic ring is 1. The molecule has 7 aromatic rings. The second-order valence-corrected chi connectivity index (χ2v) is 17.2. The summed E-state index contributed by atoms with van der Waals surface area (Å²) in [6.45, 7) is 11.8. The van der Waals surface area contributed by atoms with Crippen molar-refractivity contribution in [1.29, 1.82) is 0 Å². The normalized spacial score (nSPS) is 15.7. The van der Waals surface area contributed by atoms with Crippen molar-refractivity contribution in [1.82, 2.24) is 0 Å². The van der Waals surface area contributed by atoms with Crippen molar-refractivity contribution in [3.8, 4) is 40.4 Å². The smallest absolute Gasteiger partial charge is 0.0455 e. The van der Waals surface area contributed by atoms with E-state index in [0.717, 1.165) is 5.69 Å². The molecule has 0 atom stereocenters. The maximum absolute atomic E-state index is 6.08. The Morgan fingerprint density at radius 2 is 0.976 bits per heavy atom. The quantitative estimate of drug-likeness (QED) is 0.192. The summed E-state index contributed by atoms with van der Waals surface area (Å²) in [5.41, 5.74) is 16.9. The van der Waals surface area contributed by atoms with E-state index in [-0.39, 0.29) is 10.8 Å². The van der Waals surface area contributed by atoms with Gasteiger partial charge >= 0.3 is 0 Å². The van der Waals surface area contributed by atoms with E-state index in [1.54, 1.807) is 0 Å². The largest absolute Gasteiger partial charge is 0.399 e. The molecule has 206 valence electrons. The van der Waals surface area contributed by atoms with Crippen molar-refractivity contribution in [2.24, 2.45) is 0 Å². The van der Waals surface area contributed by atoms with Crippen molar-refractivity contribution >= 4 is 71.2 Å². The van der Waals surface area contributed by atoms with Gasteiger partial charge in [0, 0.05) is 55.2 Å². The highest BCUT2D eigenvalue weighted by molar-refractivity contribution is 7.28. The highest BCUT2D eigenvalue weighted by Crippen LogP contribution is 2.61. The number of hydrogen-bond donors (Lipinski definition) is 1. The van der Waals surface area contributed by atoms with Gasteiger partial charge in [0.05, 0.1) is 0 Å². The first-order chi connectivity index (χ1) is 20.1. The van der Waals surface area contributed by atoms with Gasteiger partial charge in [-0.05, 0) is 112 Å². The van der Waals surface area contributed by atoms with Crippen LogP contribution in [0.25, 0.3) is 60.6 Å². The summed E-state index contributed by atoms with van der Waals surface area (Å²) in [6.07, 6.45) is 0. The Morgan fingerprint density at radius 1 is 0.500 bits per heavy atom. The Morgan fingerprint density at radius 3 is 1.52 bits per heavy atom. The number of fused-ring (bicyclic) bond motifs is 8. The second kappa shape index (κ2) is 8.23. The molecule has 2 N–H and O–H groups in total. The predicted molar refractivity (Wildman–Crippen MR) is 188 cm³/mol. The molecular weight excluding hydrogens is 587 g/mol. The Balaban J connectivity index is 1.16. The van der Waals surface area contributed by atoms with Crippen LogP contribution < -0.4 is 5.73 Å². The summed E-state index contributed by atoms with van der Waals surface area (Å²) in [6, 6.07) is 27.8. The molecule has 3 aromatic carbocycles. The maximum atomic E-state index is 6.08. The number of benzene rings is 3. The van der Waals surface area contributed by atoms with E-state index in [2.05, 4.69) is 101 Å². The van der Waals surface area contributed by atoms with Gasteiger partial charge in [-0.2, -0.15) is 0 Å². The Labute approximate surface area is 261 Å². The number of rotatable bonds is 2. The molecule has 0 amide bonds. The summed E-state index contributed by atoms with van der Waals surface area (Å²) < 4.78 is 2.66. The lowest BCUT2D eigenvalue weighted by atomic mass is 9.79. The molecule has 4 heterocycles. The predicted octanol–water partition coefficient (Wildman–Crippen LogP) is 12.1. The molecule has 4 aromatic heterocycles. The van der Waals surface area contributed by atoms with E-state index < -0.39 is 0 Å². The third-order valence-electron chi connectivity index (χ3n) is 9.50. The van der Waals surface area contributed by atoms with Crippen LogP contribution in [0.5, 0.6) is 0 Å². The topological polar surface area (TPSA) is 26.0 Å². The van der Waals surface area contributed by atoms with Gasteiger partial charge in [0.15, 0.2) is 0 Å². The molecular formula is C37H29NS4. The first kappa shape index (κ1) is 25.3. The molecule has 0 aliphatic heterocycles. The van der Waals surface area contributed by atoms with Crippen LogP contribution in [0.4, 0.5) is 5.69 Å². The zero-order chi connectivity index (χ0) is 28.7. The lowest BCUT2D eigenvalue weighted by Gasteiger charge is -2.24. The van der Waals surface area contributed by atoms with Crippen LogP contribution >= 0.6 is 45.3 Å². The minimum Gasteiger partial charge on any atom is -0.399 e. The standard InChI is InChI=1S/C37H29NS4/c1-18-6-8-28-19(10-18)12-30(39-28)32-16-26-34(41-32)22-14-25-23(15-24(22)36(26,2)3)35-27(37(25,4)5)17-33(42-35)31-13-20-11-21(38)7-9-29(20)40-31/h6-17H,38H2,1-5H3. The lowest BCUT2D eigenvalue weighted by Crippen LogP contribution is -2.16. The van der Waals surface area contributed by atoms with E-state index >= 15 is 0 Å². The van der Waals surface area contributed by atoms with Crippen molar-refractivity contribution in [3.63, 3.8) is 0 Å². The van der Waals surface area contributed by atoms with Gasteiger partial charge in [0.1, 0.15) is 0 Å². The van der Waals surface area contributed by atoms with Crippen molar-refractivity contribution in [2.75, 3.05) is 5.73 Å². The molecule has 42 heavy (non-hydrogen) atoms. The van der Waals surface area contributed by atoms with Gasteiger partial charge < -0.3 is 5.73 Å². The van der Waals surface area contributed by atoms with Gasteiger partial charge in [-0.25, -0.2) is 0 Å².